The summed E-state index contributed by atoms with van der Waals surface area (Å²) in [6, 6.07) is 9.23. The molecule has 0 spiro atoms. The van der Waals surface area contributed by atoms with Gasteiger partial charge >= 0.3 is 0 Å². The van der Waals surface area contributed by atoms with Gasteiger partial charge in [-0.15, -0.1) is 0 Å². The molecule has 0 bridgehead atoms. The summed E-state index contributed by atoms with van der Waals surface area (Å²) >= 11 is 6.34. The Morgan fingerprint density at radius 1 is 1.24 bits per heavy atom. The number of rotatable bonds is 8. The van der Waals surface area contributed by atoms with Gasteiger partial charge in [0.05, 0.1) is 5.39 Å². The normalized spacial score (nSPS) is 15.1. The van der Waals surface area contributed by atoms with Crippen LogP contribution in [0.15, 0.2) is 36.8 Å². The molecule has 4 rings (SSSR count). The fourth-order valence-corrected chi connectivity index (χ4v) is 5.33. The molecule has 182 valence electrons. The summed E-state index contributed by atoms with van der Waals surface area (Å²) in [5, 5.41) is 4.75. The van der Waals surface area contributed by atoms with Crippen molar-refractivity contribution in [3.05, 3.63) is 41.8 Å². The number of nitrogens with one attached hydrogen (secondary N) is 1. The molecule has 1 fully saturated rings. The zero-order chi connectivity index (χ0) is 24.3. The van der Waals surface area contributed by atoms with Crippen LogP contribution in [0, 0.1) is 0 Å². The third-order valence-electron chi connectivity index (χ3n) is 6.20. The van der Waals surface area contributed by atoms with Gasteiger partial charge in [-0.3, -0.25) is 4.79 Å². The number of amides is 1. The maximum atomic E-state index is 11.5. The second-order valence-electron chi connectivity index (χ2n) is 10.2. The van der Waals surface area contributed by atoms with Gasteiger partial charge in [0.1, 0.15) is 24.5 Å². The third-order valence-corrected chi connectivity index (χ3v) is 8.14. The average molecular weight is 500 g/mol. The highest BCUT2D eigenvalue weighted by molar-refractivity contribution is 6.76. The van der Waals surface area contributed by atoms with Crippen molar-refractivity contribution in [3.8, 4) is 11.1 Å². The van der Waals surface area contributed by atoms with Gasteiger partial charge in [-0.05, 0) is 36.6 Å². The summed E-state index contributed by atoms with van der Waals surface area (Å²) in [4.78, 5) is 23.1. The van der Waals surface area contributed by atoms with Crippen LogP contribution in [-0.4, -0.2) is 54.3 Å². The number of fused-ring (bicyclic) bond motifs is 1. The van der Waals surface area contributed by atoms with E-state index in [1.807, 2.05) is 18.2 Å². The van der Waals surface area contributed by atoms with Crippen LogP contribution in [0.3, 0.4) is 0 Å². The van der Waals surface area contributed by atoms with Crippen LogP contribution in [0.5, 0.6) is 0 Å². The SMILES string of the molecule is CC(=O)NC1CCN(c2ncnc3c2c(-c2cccc(Cl)c2)cn3COCC[Si](C)(C)C)CC1. The lowest BCUT2D eigenvalue weighted by Crippen LogP contribution is -2.44. The second kappa shape index (κ2) is 10.5. The van der Waals surface area contributed by atoms with E-state index in [9.17, 15) is 4.79 Å². The molecule has 0 aliphatic carbocycles. The Labute approximate surface area is 207 Å². The van der Waals surface area contributed by atoms with Crippen molar-refractivity contribution in [2.24, 2.45) is 0 Å². The smallest absolute Gasteiger partial charge is 0.217 e. The summed E-state index contributed by atoms with van der Waals surface area (Å²) in [6.45, 7) is 11.5. The highest BCUT2D eigenvalue weighted by Gasteiger charge is 2.25. The molecular formula is C25H34ClN5O2Si. The molecule has 7 nitrogen and oxygen atoms in total. The van der Waals surface area contributed by atoms with Crippen molar-refractivity contribution in [2.45, 2.75) is 58.2 Å². The van der Waals surface area contributed by atoms with E-state index >= 15 is 0 Å². The van der Waals surface area contributed by atoms with Gasteiger partial charge in [-0.2, -0.15) is 0 Å². The number of hydrogen-bond donors (Lipinski definition) is 1. The number of benzene rings is 1. The molecule has 1 amide bonds. The molecule has 34 heavy (non-hydrogen) atoms. The summed E-state index contributed by atoms with van der Waals surface area (Å²) in [5.41, 5.74) is 2.94. The second-order valence-corrected chi connectivity index (χ2v) is 16.3. The molecule has 1 aromatic carbocycles. The zero-order valence-electron chi connectivity index (χ0n) is 20.5. The highest BCUT2D eigenvalue weighted by Crippen LogP contribution is 2.37. The lowest BCUT2D eigenvalue weighted by Gasteiger charge is -2.33. The number of hydrogen-bond acceptors (Lipinski definition) is 5. The van der Waals surface area contributed by atoms with Gasteiger partial charge in [0, 0.05) is 57.5 Å². The average Bonchev–Trinajstić information content (AvgIpc) is 3.15. The van der Waals surface area contributed by atoms with Crippen molar-refractivity contribution < 1.29 is 9.53 Å². The van der Waals surface area contributed by atoms with Gasteiger partial charge in [0.25, 0.3) is 0 Å². The molecule has 3 heterocycles. The Morgan fingerprint density at radius 2 is 2.00 bits per heavy atom. The first-order valence-electron chi connectivity index (χ1n) is 11.9. The van der Waals surface area contributed by atoms with E-state index in [-0.39, 0.29) is 11.9 Å². The number of halogens is 1. The molecule has 0 unspecified atom stereocenters. The maximum absolute atomic E-state index is 11.5. The van der Waals surface area contributed by atoms with Crippen molar-refractivity contribution in [1.82, 2.24) is 19.9 Å². The fraction of sp³-hybridized carbons (Fsp3) is 0.480. The molecule has 9 heteroatoms. The summed E-state index contributed by atoms with van der Waals surface area (Å²) in [6.07, 6.45) is 5.52. The van der Waals surface area contributed by atoms with E-state index in [2.05, 4.69) is 51.7 Å². The van der Waals surface area contributed by atoms with E-state index in [0.717, 1.165) is 66.6 Å². The van der Waals surface area contributed by atoms with Gasteiger partial charge in [-0.25, -0.2) is 9.97 Å². The topological polar surface area (TPSA) is 72.3 Å². The molecular weight excluding hydrogens is 466 g/mol. The third kappa shape index (κ3) is 5.98. The number of carbonyl (C=O) groups is 1. The van der Waals surface area contributed by atoms with Crippen LogP contribution >= 0.6 is 11.6 Å². The largest absolute Gasteiger partial charge is 0.361 e. The monoisotopic (exact) mass is 499 g/mol. The predicted molar refractivity (Wildman–Crippen MR) is 141 cm³/mol. The van der Waals surface area contributed by atoms with Crippen LogP contribution in [0.1, 0.15) is 19.8 Å². The van der Waals surface area contributed by atoms with E-state index in [4.69, 9.17) is 21.3 Å². The Hall–Kier alpha value is -2.42. The lowest BCUT2D eigenvalue weighted by molar-refractivity contribution is -0.119. The van der Waals surface area contributed by atoms with Crippen LogP contribution in [0.4, 0.5) is 5.82 Å². The van der Waals surface area contributed by atoms with Crippen LogP contribution in [-0.2, 0) is 16.3 Å². The van der Waals surface area contributed by atoms with Crippen LogP contribution < -0.4 is 10.2 Å². The number of ether oxygens (including phenoxy) is 1. The molecule has 3 aromatic rings. The predicted octanol–water partition coefficient (Wildman–Crippen LogP) is 5.17. The van der Waals surface area contributed by atoms with Crippen LogP contribution in [0.2, 0.25) is 30.7 Å². The van der Waals surface area contributed by atoms with E-state index in [1.165, 1.54) is 0 Å². The quantitative estimate of drug-likeness (QED) is 0.342. The van der Waals surface area contributed by atoms with Gasteiger partial charge in [0.15, 0.2) is 0 Å². The molecule has 0 saturated carbocycles. The molecule has 1 aliphatic heterocycles. The highest BCUT2D eigenvalue weighted by atomic mass is 35.5. The van der Waals surface area contributed by atoms with Crippen molar-refractivity contribution >= 4 is 42.4 Å². The fourth-order valence-electron chi connectivity index (χ4n) is 4.38. The molecule has 1 aliphatic rings. The van der Waals surface area contributed by atoms with Gasteiger partial charge in [0.2, 0.25) is 5.91 Å². The molecule has 0 radical (unpaired) electrons. The lowest BCUT2D eigenvalue weighted by atomic mass is 10.0. The summed E-state index contributed by atoms with van der Waals surface area (Å²) in [5.74, 6) is 0.944. The molecule has 1 saturated heterocycles. The molecule has 2 aromatic heterocycles. The van der Waals surface area contributed by atoms with Crippen molar-refractivity contribution in [3.63, 3.8) is 0 Å². The first kappa shape index (κ1) is 24.7. The first-order chi connectivity index (χ1) is 16.2. The minimum absolute atomic E-state index is 0.0253. The van der Waals surface area contributed by atoms with E-state index in [1.54, 1.807) is 13.3 Å². The van der Waals surface area contributed by atoms with Gasteiger partial charge in [-0.1, -0.05) is 43.4 Å². The minimum Gasteiger partial charge on any atom is -0.361 e. The van der Waals surface area contributed by atoms with E-state index in [0.29, 0.717) is 11.8 Å². The Morgan fingerprint density at radius 3 is 2.68 bits per heavy atom. The zero-order valence-corrected chi connectivity index (χ0v) is 22.2. The Balaban J connectivity index is 1.67. The Bertz CT molecular complexity index is 1150. The van der Waals surface area contributed by atoms with Gasteiger partial charge < -0.3 is 19.5 Å². The number of nitrogens with zero attached hydrogens (tertiary/aromatic N) is 4. The minimum atomic E-state index is -1.16. The molecule has 0 atom stereocenters. The van der Waals surface area contributed by atoms with Crippen molar-refractivity contribution in [1.29, 1.82) is 0 Å². The first-order valence-corrected chi connectivity index (χ1v) is 16.0. The number of aromatic nitrogens is 3. The number of carbonyl (C=O) groups excluding carboxylic acids is 1. The molecule has 1 N–H and O–H groups in total. The summed E-state index contributed by atoms with van der Waals surface area (Å²) < 4.78 is 8.14. The maximum Gasteiger partial charge on any atom is 0.217 e. The number of anilines is 1. The van der Waals surface area contributed by atoms with E-state index < -0.39 is 8.07 Å². The Kier molecular flexibility index (Phi) is 7.59. The summed E-state index contributed by atoms with van der Waals surface area (Å²) in [7, 11) is -1.16. The number of piperidine rings is 1. The van der Waals surface area contributed by atoms with Crippen LogP contribution in [0.25, 0.3) is 22.2 Å². The standard InChI is InChI=1S/C25H34ClN5O2Si/c1-18(32)29-21-8-10-30(11-9-21)24-23-22(19-6-5-7-20(26)14-19)15-31(25(23)28-16-27-24)17-33-12-13-34(2,3)4/h5-7,14-16,21H,8-13,17H2,1-4H3,(H,29,32). The van der Waals surface area contributed by atoms with Crippen molar-refractivity contribution in [2.75, 3.05) is 24.6 Å².